The van der Waals surface area contributed by atoms with Gasteiger partial charge in [0.25, 0.3) is 0 Å². The Morgan fingerprint density at radius 1 is 1.21 bits per heavy atom. The van der Waals surface area contributed by atoms with Gasteiger partial charge in [-0.25, -0.2) is 0 Å². The maximum Gasteiger partial charge on any atom is 0.325 e. The SMILES string of the molecule is COC(=O)CNC(=O)C1CC(=O)N(c2cccc3ccccc23)C1. The molecule has 24 heavy (non-hydrogen) atoms. The number of benzene rings is 2. The van der Waals surface area contributed by atoms with Crippen LogP contribution in [0.5, 0.6) is 0 Å². The number of anilines is 1. The standard InChI is InChI=1S/C18H18N2O4/c1-24-17(22)10-19-18(23)13-9-16(21)20(11-13)15-8-4-6-12-5-2-3-7-14(12)15/h2-8,13H,9-11H2,1H3,(H,19,23). The summed E-state index contributed by atoms with van der Waals surface area (Å²) in [6.45, 7) is 0.119. The van der Waals surface area contributed by atoms with Gasteiger partial charge in [-0.15, -0.1) is 0 Å². The zero-order chi connectivity index (χ0) is 17.1. The largest absolute Gasteiger partial charge is 0.468 e. The predicted molar refractivity (Wildman–Crippen MR) is 89.4 cm³/mol. The van der Waals surface area contributed by atoms with Gasteiger partial charge in [-0.3, -0.25) is 14.4 Å². The highest BCUT2D eigenvalue weighted by Crippen LogP contribution is 2.31. The Morgan fingerprint density at radius 2 is 1.96 bits per heavy atom. The first kappa shape index (κ1) is 16.0. The summed E-state index contributed by atoms with van der Waals surface area (Å²) in [6.07, 6.45) is 0.135. The molecule has 124 valence electrons. The molecule has 1 atom stereocenters. The van der Waals surface area contributed by atoms with Gasteiger partial charge in [0, 0.05) is 18.4 Å². The molecule has 2 aromatic rings. The fourth-order valence-electron chi connectivity index (χ4n) is 2.94. The summed E-state index contributed by atoms with van der Waals surface area (Å²) < 4.78 is 4.49. The van der Waals surface area contributed by atoms with Crippen LogP contribution < -0.4 is 10.2 Å². The predicted octanol–water partition coefficient (Wildman–Crippen LogP) is 1.48. The van der Waals surface area contributed by atoms with Crippen molar-refractivity contribution in [3.8, 4) is 0 Å². The molecule has 0 spiro atoms. The lowest BCUT2D eigenvalue weighted by molar-refractivity contribution is -0.141. The number of nitrogens with zero attached hydrogens (tertiary/aromatic N) is 1. The first-order chi connectivity index (χ1) is 11.6. The fraction of sp³-hybridized carbons (Fsp3) is 0.278. The lowest BCUT2D eigenvalue weighted by Crippen LogP contribution is -2.36. The van der Waals surface area contributed by atoms with E-state index >= 15 is 0 Å². The van der Waals surface area contributed by atoms with Gasteiger partial charge in [0.05, 0.1) is 18.7 Å². The molecule has 0 radical (unpaired) electrons. The minimum Gasteiger partial charge on any atom is -0.468 e. The summed E-state index contributed by atoms with van der Waals surface area (Å²) in [6, 6.07) is 13.6. The number of hydrogen-bond donors (Lipinski definition) is 1. The van der Waals surface area contributed by atoms with E-state index in [2.05, 4.69) is 10.1 Å². The second kappa shape index (κ2) is 6.70. The van der Waals surface area contributed by atoms with Crippen molar-refractivity contribution in [3.63, 3.8) is 0 Å². The summed E-state index contributed by atoms with van der Waals surface area (Å²) >= 11 is 0. The molecule has 0 aromatic heterocycles. The molecule has 0 saturated carbocycles. The number of amides is 2. The Balaban J connectivity index is 1.77. The van der Waals surface area contributed by atoms with Crippen molar-refractivity contribution in [1.82, 2.24) is 5.32 Å². The van der Waals surface area contributed by atoms with E-state index in [1.54, 1.807) is 4.90 Å². The number of nitrogens with one attached hydrogen (secondary N) is 1. The molecule has 1 N–H and O–H groups in total. The van der Waals surface area contributed by atoms with Crippen LogP contribution >= 0.6 is 0 Å². The van der Waals surface area contributed by atoms with Gasteiger partial charge in [0.15, 0.2) is 0 Å². The monoisotopic (exact) mass is 326 g/mol. The van der Waals surface area contributed by atoms with Crippen molar-refractivity contribution in [2.24, 2.45) is 5.92 Å². The highest BCUT2D eigenvalue weighted by atomic mass is 16.5. The van der Waals surface area contributed by atoms with Gasteiger partial charge in [-0.2, -0.15) is 0 Å². The number of hydrogen-bond acceptors (Lipinski definition) is 4. The number of ether oxygens (including phenoxy) is 1. The average molecular weight is 326 g/mol. The molecule has 0 aliphatic carbocycles. The number of carbonyl (C=O) groups is 3. The van der Waals surface area contributed by atoms with Crippen molar-refractivity contribution in [2.45, 2.75) is 6.42 Å². The lowest BCUT2D eigenvalue weighted by Gasteiger charge is -2.19. The van der Waals surface area contributed by atoms with Crippen LogP contribution in [0.15, 0.2) is 42.5 Å². The molecule has 3 rings (SSSR count). The van der Waals surface area contributed by atoms with Crippen LogP contribution in [0.2, 0.25) is 0 Å². The number of rotatable bonds is 4. The van der Waals surface area contributed by atoms with Gasteiger partial charge < -0.3 is 15.0 Å². The molecule has 0 bridgehead atoms. The first-order valence-electron chi connectivity index (χ1n) is 7.73. The van der Waals surface area contributed by atoms with E-state index in [0.717, 1.165) is 16.5 Å². The minimum absolute atomic E-state index is 0.0930. The average Bonchev–Trinajstić information content (AvgIpc) is 3.00. The molecule has 6 heteroatoms. The zero-order valence-corrected chi connectivity index (χ0v) is 13.3. The third-order valence-corrected chi connectivity index (χ3v) is 4.19. The molecular weight excluding hydrogens is 308 g/mol. The van der Waals surface area contributed by atoms with Crippen LogP contribution in [0.1, 0.15) is 6.42 Å². The highest BCUT2D eigenvalue weighted by Gasteiger charge is 2.35. The normalized spacial score (nSPS) is 17.1. The second-order valence-electron chi connectivity index (χ2n) is 5.70. The fourth-order valence-corrected chi connectivity index (χ4v) is 2.94. The molecule has 1 heterocycles. The van der Waals surface area contributed by atoms with E-state index in [4.69, 9.17) is 0 Å². The van der Waals surface area contributed by atoms with Crippen LogP contribution in [-0.4, -0.2) is 38.0 Å². The number of fused-ring (bicyclic) bond motifs is 1. The molecule has 6 nitrogen and oxygen atoms in total. The Bertz CT molecular complexity index is 797. The molecule has 1 aliphatic rings. The van der Waals surface area contributed by atoms with E-state index < -0.39 is 11.9 Å². The minimum atomic E-state index is -0.515. The van der Waals surface area contributed by atoms with E-state index in [1.165, 1.54) is 7.11 Å². The zero-order valence-electron chi connectivity index (χ0n) is 13.3. The van der Waals surface area contributed by atoms with Crippen molar-refractivity contribution < 1.29 is 19.1 Å². The quantitative estimate of drug-likeness (QED) is 0.864. The maximum absolute atomic E-state index is 12.4. The summed E-state index contributed by atoms with van der Waals surface area (Å²) in [5, 5.41) is 4.53. The Hall–Kier alpha value is -2.89. The number of carbonyl (C=O) groups excluding carboxylic acids is 3. The van der Waals surface area contributed by atoms with Crippen LogP contribution in [0.25, 0.3) is 10.8 Å². The number of esters is 1. The van der Waals surface area contributed by atoms with E-state index in [1.807, 2.05) is 42.5 Å². The Labute approximate surface area is 139 Å². The van der Waals surface area contributed by atoms with Gasteiger partial charge in [-0.1, -0.05) is 36.4 Å². The number of methoxy groups -OCH3 is 1. The van der Waals surface area contributed by atoms with Gasteiger partial charge in [0.2, 0.25) is 11.8 Å². The molecule has 1 fully saturated rings. The molecular formula is C18H18N2O4. The summed E-state index contributed by atoms with van der Waals surface area (Å²) in [4.78, 5) is 37.3. The van der Waals surface area contributed by atoms with Crippen molar-refractivity contribution in [1.29, 1.82) is 0 Å². The maximum atomic E-state index is 12.4. The topological polar surface area (TPSA) is 75.7 Å². The second-order valence-corrected chi connectivity index (χ2v) is 5.70. The molecule has 2 amide bonds. The van der Waals surface area contributed by atoms with Crippen LogP contribution in [0, 0.1) is 5.92 Å². The van der Waals surface area contributed by atoms with E-state index in [0.29, 0.717) is 6.54 Å². The Morgan fingerprint density at radius 3 is 2.75 bits per heavy atom. The van der Waals surface area contributed by atoms with Gasteiger partial charge in [-0.05, 0) is 11.5 Å². The molecule has 2 aromatic carbocycles. The van der Waals surface area contributed by atoms with E-state index in [9.17, 15) is 14.4 Å². The third kappa shape index (κ3) is 3.08. The van der Waals surface area contributed by atoms with Crippen LogP contribution in [-0.2, 0) is 19.1 Å². The van der Waals surface area contributed by atoms with Crippen LogP contribution in [0.3, 0.4) is 0 Å². The molecule has 1 unspecified atom stereocenters. The van der Waals surface area contributed by atoms with Gasteiger partial charge >= 0.3 is 5.97 Å². The van der Waals surface area contributed by atoms with Crippen molar-refractivity contribution in [2.75, 3.05) is 25.1 Å². The highest BCUT2D eigenvalue weighted by molar-refractivity contribution is 6.07. The van der Waals surface area contributed by atoms with Gasteiger partial charge in [0.1, 0.15) is 6.54 Å². The summed E-state index contributed by atoms with van der Waals surface area (Å²) in [5.74, 6) is -1.39. The first-order valence-corrected chi connectivity index (χ1v) is 7.73. The van der Waals surface area contributed by atoms with E-state index in [-0.39, 0.29) is 24.8 Å². The lowest BCUT2D eigenvalue weighted by atomic mass is 10.1. The molecule has 1 saturated heterocycles. The Kier molecular flexibility index (Phi) is 4.46. The third-order valence-electron chi connectivity index (χ3n) is 4.19. The molecule has 1 aliphatic heterocycles. The van der Waals surface area contributed by atoms with Crippen LogP contribution in [0.4, 0.5) is 5.69 Å². The smallest absolute Gasteiger partial charge is 0.325 e. The summed E-state index contributed by atoms with van der Waals surface area (Å²) in [5.41, 5.74) is 0.807. The van der Waals surface area contributed by atoms with Crippen molar-refractivity contribution >= 4 is 34.2 Å². The summed E-state index contributed by atoms with van der Waals surface area (Å²) in [7, 11) is 1.26. The van der Waals surface area contributed by atoms with Crippen molar-refractivity contribution in [3.05, 3.63) is 42.5 Å².